The van der Waals surface area contributed by atoms with E-state index < -0.39 is 0 Å². The summed E-state index contributed by atoms with van der Waals surface area (Å²) in [6, 6.07) is 1.14. The summed E-state index contributed by atoms with van der Waals surface area (Å²) in [5.41, 5.74) is 0. The monoisotopic (exact) mass is 129 g/mol. The van der Waals surface area contributed by atoms with Gasteiger partial charge in [0, 0.05) is 12.1 Å². The lowest BCUT2D eigenvalue weighted by Crippen LogP contribution is -2.46. The number of morpholine rings is 1. The molecule has 0 aromatic heterocycles. The van der Waals surface area contributed by atoms with Gasteiger partial charge in [-0.25, -0.2) is 0 Å². The third kappa shape index (κ3) is 1.95. The smallest absolute Gasteiger partial charge is 0.0620 e. The molecule has 1 N–H and O–H groups in total. The van der Waals surface area contributed by atoms with Crippen molar-refractivity contribution >= 4 is 0 Å². The summed E-state index contributed by atoms with van der Waals surface area (Å²) in [7, 11) is 0. The van der Waals surface area contributed by atoms with E-state index in [-0.39, 0.29) is 0 Å². The molecule has 1 aliphatic heterocycles. The summed E-state index contributed by atoms with van der Waals surface area (Å²) in [5, 5.41) is 3.44. The molecule has 0 bridgehead atoms. The van der Waals surface area contributed by atoms with Crippen LogP contribution < -0.4 is 5.32 Å². The van der Waals surface area contributed by atoms with Gasteiger partial charge < -0.3 is 10.1 Å². The molecule has 1 fully saturated rings. The van der Waals surface area contributed by atoms with Crippen LogP contribution in [0.4, 0.5) is 0 Å². The molecule has 1 aliphatic rings. The van der Waals surface area contributed by atoms with Crippen molar-refractivity contribution < 1.29 is 4.74 Å². The first-order valence-corrected chi connectivity index (χ1v) is 3.66. The molecule has 0 aromatic rings. The van der Waals surface area contributed by atoms with Crippen LogP contribution in [-0.4, -0.2) is 25.3 Å². The van der Waals surface area contributed by atoms with Crippen LogP contribution in [0.15, 0.2) is 0 Å². The van der Waals surface area contributed by atoms with Crippen LogP contribution in [0.5, 0.6) is 0 Å². The average molecular weight is 129 g/mol. The normalized spacial score (nSPS) is 36.7. The minimum atomic E-state index is 0.545. The Morgan fingerprint density at radius 3 is 2.78 bits per heavy atom. The zero-order chi connectivity index (χ0) is 6.69. The average Bonchev–Trinajstić information content (AvgIpc) is 1.88. The van der Waals surface area contributed by atoms with Crippen molar-refractivity contribution in [3.63, 3.8) is 0 Å². The first kappa shape index (κ1) is 7.03. The molecule has 2 heteroatoms. The zero-order valence-corrected chi connectivity index (χ0v) is 6.18. The SMILES string of the molecule is CC[C@H]1COC[C@H](C)N1. The molecule has 0 radical (unpaired) electrons. The highest BCUT2D eigenvalue weighted by Gasteiger charge is 2.15. The van der Waals surface area contributed by atoms with Crippen molar-refractivity contribution in [2.45, 2.75) is 32.4 Å². The van der Waals surface area contributed by atoms with E-state index >= 15 is 0 Å². The molecule has 0 unspecified atom stereocenters. The third-order valence-corrected chi connectivity index (χ3v) is 1.70. The first-order valence-electron chi connectivity index (χ1n) is 3.66. The van der Waals surface area contributed by atoms with Crippen LogP contribution in [0.25, 0.3) is 0 Å². The second-order valence-corrected chi connectivity index (χ2v) is 2.71. The van der Waals surface area contributed by atoms with Gasteiger partial charge in [0.15, 0.2) is 0 Å². The number of nitrogens with one attached hydrogen (secondary N) is 1. The van der Waals surface area contributed by atoms with Crippen LogP contribution in [-0.2, 0) is 4.74 Å². The molecule has 1 rings (SSSR count). The molecule has 2 atom stereocenters. The molecular formula is C7H15NO. The van der Waals surface area contributed by atoms with Crippen LogP contribution in [0.1, 0.15) is 20.3 Å². The van der Waals surface area contributed by atoms with Gasteiger partial charge in [0.2, 0.25) is 0 Å². The van der Waals surface area contributed by atoms with E-state index in [1.165, 1.54) is 6.42 Å². The second-order valence-electron chi connectivity index (χ2n) is 2.71. The van der Waals surface area contributed by atoms with Crippen molar-refractivity contribution in [1.29, 1.82) is 0 Å². The summed E-state index contributed by atoms with van der Waals surface area (Å²) in [6.45, 7) is 6.10. The molecule has 1 heterocycles. The minimum Gasteiger partial charge on any atom is -0.378 e. The van der Waals surface area contributed by atoms with E-state index in [4.69, 9.17) is 4.74 Å². The fourth-order valence-electron chi connectivity index (χ4n) is 1.12. The summed E-state index contributed by atoms with van der Waals surface area (Å²) in [5.74, 6) is 0. The zero-order valence-electron chi connectivity index (χ0n) is 6.18. The molecule has 0 amide bonds. The summed E-state index contributed by atoms with van der Waals surface area (Å²) >= 11 is 0. The van der Waals surface area contributed by atoms with Gasteiger partial charge in [-0.2, -0.15) is 0 Å². The van der Waals surface area contributed by atoms with Crippen LogP contribution in [0.3, 0.4) is 0 Å². The molecule has 1 saturated heterocycles. The predicted octanol–water partition coefficient (Wildman–Crippen LogP) is 0.773. The lowest BCUT2D eigenvalue weighted by Gasteiger charge is -2.27. The van der Waals surface area contributed by atoms with E-state index in [1.807, 2.05) is 0 Å². The Hall–Kier alpha value is -0.0800. The summed E-state index contributed by atoms with van der Waals surface area (Å²) in [6.07, 6.45) is 1.17. The topological polar surface area (TPSA) is 21.3 Å². The van der Waals surface area contributed by atoms with Gasteiger partial charge in [-0.05, 0) is 13.3 Å². The number of hydrogen-bond acceptors (Lipinski definition) is 2. The van der Waals surface area contributed by atoms with Crippen molar-refractivity contribution in [2.75, 3.05) is 13.2 Å². The van der Waals surface area contributed by atoms with Gasteiger partial charge in [-0.3, -0.25) is 0 Å². The quantitative estimate of drug-likeness (QED) is 0.564. The van der Waals surface area contributed by atoms with Gasteiger partial charge in [0.05, 0.1) is 13.2 Å². The molecule has 0 aromatic carbocycles. The van der Waals surface area contributed by atoms with E-state index in [2.05, 4.69) is 19.2 Å². The molecule has 0 aliphatic carbocycles. The number of hydrogen-bond donors (Lipinski definition) is 1. The molecule has 54 valence electrons. The maximum absolute atomic E-state index is 5.32. The second kappa shape index (κ2) is 3.18. The lowest BCUT2D eigenvalue weighted by molar-refractivity contribution is 0.0496. The number of rotatable bonds is 1. The Bertz CT molecular complexity index is 85.0. The Balaban J connectivity index is 2.23. The van der Waals surface area contributed by atoms with E-state index in [0.717, 1.165) is 13.2 Å². The lowest BCUT2D eigenvalue weighted by atomic mass is 10.2. The highest BCUT2D eigenvalue weighted by Crippen LogP contribution is 2.01. The van der Waals surface area contributed by atoms with Gasteiger partial charge in [0.25, 0.3) is 0 Å². The van der Waals surface area contributed by atoms with E-state index in [0.29, 0.717) is 12.1 Å². The maximum Gasteiger partial charge on any atom is 0.0620 e. The maximum atomic E-state index is 5.32. The number of ether oxygens (including phenoxy) is 1. The highest BCUT2D eigenvalue weighted by atomic mass is 16.5. The Morgan fingerprint density at radius 2 is 2.33 bits per heavy atom. The predicted molar refractivity (Wildman–Crippen MR) is 37.5 cm³/mol. The Labute approximate surface area is 56.6 Å². The fraction of sp³-hybridized carbons (Fsp3) is 1.00. The molecular weight excluding hydrogens is 114 g/mol. The molecule has 0 saturated carbocycles. The molecule has 2 nitrogen and oxygen atoms in total. The largest absolute Gasteiger partial charge is 0.378 e. The van der Waals surface area contributed by atoms with Crippen molar-refractivity contribution in [3.8, 4) is 0 Å². The van der Waals surface area contributed by atoms with Gasteiger partial charge >= 0.3 is 0 Å². The fourth-order valence-corrected chi connectivity index (χ4v) is 1.12. The van der Waals surface area contributed by atoms with Crippen LogP contribution >= 0.6 is 0 Å². The van der Waals surface area contributed by atoms with E-state index in [9.17, 15) is 0 Å². The van der Waals surface area contributed by atoms with Crippen LogP contribution in [0.2, 0.25) is 0 Å². The molecule has 0 spiro atoms. The Kier molecular flexibility index (Phi) is 2.49. The first-order chi connectivity index (χ1) is 4.33. The standard InChI is InChI=1S/C7H15NO/c1-3-7-5-9-4-6(2)8-7/h6-8H,3-5H2,1-2H3/t6-,7-/m0/s1. The van der Waals surface area contributed by atoms with Crippen molar-refractivity contribution in [2.24, 2.45) is 0 Å². The highest BCUT2D eigenvalue weighted by molar-refractivity contribution is 4.73. The summed E-state index contributed by atoms with van der Waals surface area (Å²) in [4.78, 5) is 0. The van der Waals surface area contributed by atoms with Gasteiger partial charge in [-0.1, -0.05) is 6.92 Å². The van der Waals surface area contributed by atoms with Crippen molar-refractivity contribution in [3.05, 3.63) is 0 Å². The summed E-state index contributed by atoms with van der Waals surface area (Å²) < 4.78 is 5.32. The van der Waals surface area contributed by atoms with Gasteiger partial charge in [0.1, 0.15) is 0 Å². The molecule has 9 heavy (non-hydrogen) atoms. The van der Waals surface area contributed by atoms with Crippen LogP contribution in [0, 0.1) is 0 Å². The minimum absolute atomic E-state index is 0.545. The van der Waals surface area contributed by atoms with Crippen molar-refractivity contribution in [1.82, 2.24) is 5.32 Å². The van der Waals surface area contributed by atoms with Gasteiger partial charge in [-0.15, -0.1) is 0 Å². The van der Waals surface area contributed by atoms with E-state index in [1.54, 1.807) is 0 Å². The third-order valence-electron chi connectivity index (χ3n) is 1.70. The Morgan fingerprint density at radius 1 is 1.56 bits per heavy atom.